The average molecular weight is 444 g/mol. The molecule has 0 aromatic heterocycles. The number of terminal acetylenes is 1. The number of hydrogen-bond donors (Lipinski definition) is 1. The molecule has 5 rings (SSSR count). The molecule has 0 aliphatic heterocycles. The number of anilines is 1. The summed E-state index contributed by atoms with van der Waals surface area (Å²) < 4.78 is 0. The third kappa shape index (κ3) is 3.17. The first-order valence-corrected chi connectivity index (χ1v) is 12.7. The van der Waals surface area contributed by atoms with Gasteiger partial charge in [-0.3, -0.25) is 4.79 Å². The molecule has 0 heterocycles. The molecule has 3 heteroatoms. The summed E-state index contributed by atoms with van der Waals surface area (Å²) >= 11 is 0. The minimum atomic E-state index is -1.07. The highest BCUT2D eigenvalue weighted by molar-refractivity contribution is 5.93. The van der Waals surface area contributed by atoms with Gasteiger partial charge in [0.1, 0.15) is 5.60 Å². The van der Waals surface area contributed by atoms with Crippen molar-refractivity contribution in [3.8, 4) is 12.3 Å². The van der Waals surface area contributed by atoms with Crippen LogP contribution in [0, 0.1) is 35.5 Å². The SMILES string of the molecule is C#C[C@@]1(O)[C@@H](CC)C[C@H]2[C@@H]3CCC4=CC(=O)CCC4=C3[C@@H](c3ccc(N(C)C)cc3)C[C@]21C. The standard InChI is InChI=1S/C30H37NO2/c1-6-21-17-27-25-14-10-20-16-23(32)13-15-24(20)28(25)26(18-29(27,3)30(21,33)7-2)19-8-11-22(12-9-19)31(4)5/h2,8-9,11-12,16,21,25-27,33H,6,10,13-15,17-18H2,1,3-5H3/t21-,25-,26+,27-,29+,30+/m0/s1. The molecule has 1 N–H and O–H groups in total. The molecule has 1 aromatic carbocycles. The molecule has 0 radical (unpaired) electrons. The summed E-state index contributed by atoms with van der Waals surface area (Å²) in [7, 11) is 4.13. The van der Waals surface area contributed by atoms with Crippen molar-refractivity contribution in [3.63, 3.8) is 0 Å². The molecule has 1 aromatic rings. The fourth-order valence-corrected chi connectivity index (χ4v) is 7.87. The number of fused-ring (bicyclic) bond motifs is 4. The van der Waals surface area contributed by atoms with Gasteiger partial charge in [-0.2, -0.15) is 0 Å². The van der Waals surface area contributed by atoms with Crippen LogP contribution < -0.4 is 4.90 Å². The quantitative estimate of drug-likeness (QED) is 0.614. The average Bonchev–Trinajstić information content (AvgIpc) is 3.05. The maximum atomic E-state index is 12.2. The zero-order chi connectivity index (χ0) is 23.5. The van der Waals surface area contributed by atoms with E-state index in [4.69, 9.17) is 6.42 Å². The highest BCUT2D eigenvalue weighted by atomic mass is 16.3. The summed E-state index contributed by atoms with van der Waals surface area (Å²) in [4.78, 5) is 14.3. The third-order valence-electron chi connectivity index (χ3n) is 9.65. The van der Waals surface area contributed by atoms with Crippen LogP contribution in [0.1, 0.15) is 70.3 Å². The lowest BCUT2D eigenvalue weighted by Crippen LogP contribution is -2.52. The highest BCUT2D eigenvalue weighted by Gasteiger charge is 2.65. The molecule has 4 aliphatic carbocycles. The molecule has 0 saturated heterocycles. The zero-order valence-electron chi connectivity index (χ0n) is 20.5. The van der Waals surface area contributed by atoms with Gasteiger partial charge in [0.15, 0.2) is 5.78 Å². The second kappa shape index (κ2) is 7.88. The van der Waals surface area contributed by atoms with Gasteiger partial charge in [0.25, 0.3) is 0 Å². The largest absolute Gasteiger partial charge is 0.378 e. The van der Waals surface area contributed by atoms with E-state index in [1.165, 1.54) is 22.4 Å². The van der Waals surface area contributed by atoms with Gasteiger partial charge < -0.3 is 10.0 Å². The Balaban J connectivity index is 1.68. The number of allylic oxidation sites excluding steroid dienone is 4. The van der Waals surface area contributed by atoms with E-state index in [-0.39, 0.29) is 23.0 Å². The number of ketones is 1. The van der Waals surface area contributed by atoms with E-state index in [9.17, 15) is 9.90 Å². The van der Waals surface area contributed by atoms with Crippen molar-refractivity contribution < 1.29 is 9.90 Å². The lowest BCUT2D eigenvalue weighted by atomic mass is 9.51. The van der Waals surface area contributed by atoms with Gasteiger partial charge in [0.05, 0.1) is 0 Å². The second-order valence-corrected chi connectivity index (χ2v) is 11.2. The molecular formula is C30H37NO2. The minimum absolute atomic E-state index is 0.142. The van der Waals surface area contributed by atoms with Crippen LogP contribution in [0.5, 0.6) is 0 Å². The summed E-state index contributed by atoms with van der Waals surface area (Å²) in [6.45, 7) is 4.44. The molecule has 0 unspecified atom stereocenters. The Bertz CT molecular complexity index is 1070. The Morgan fingerprint density at radius 1 is 1.18 bits per heavy atom. The predicted molar refractivity (Wildman–Crippen MR) is 134 cm³/mol. The van der Waals surface area contributed by atoms with E-state index in [2.05, 4.69) is 63.0 Å². The third-order valence-corrected chi connectivity index (χ3v) is 9.65. The molecule has 6 atom stereocenters. The molecule has 4 aliphatic rings. The van der Waals surface area contributed by atoms with Crippen LogP contribution >= 0.6 is 0 Å². The molecule has 0 bridgehead atoms. The van der Waals surface area contributed by atoms with Crippen molar-refractivity contribution in [1.29, 1.82) is 0 Å². The van der Waals surface area contributed by atoms with Gasteiger partial charge in [-0.1, -0.05) is 37.5 Å². The Labute approximate surface area is 199 Å². The van der Waals surface area contributed by atoms with Crippen molar-refractivity contribution in [2.75, 3.05) is 19.0 Å². The fourth-order valence-electron chi connectivity index (χ4n) is 7.87. The van der Waals surface area contributed by atoms with Crippen molar-refractivity contribution in [1.82, 2.24) is 0 Å². The van der Waals surface area contributed by atoms with Gasteiger partial charge in [0.2, 0.25) is 0 Å². The van der Waals surface area contributed by atoms with Crippen molar-refractivity contribution in [2.45, 2.75) is 70.3 Å². The van der Waals surface area contributed by atoms with E-state index in [0.29, 0.717) is 18.3 Å². The molecule has 174 valence electrons. The maximum absolute atomic E-state index is 12.2. The van der Waals surface area contributed by atoms with Gasteiger partial charge in [-0.15, -0.1) is 6.42 Å². The molecule has 33 heavy (non-hydrogen) atoms. The minimum Gasteiger partial charge on any atom is -0.378 e. The first-order chi connectivity index (χ1) is 15.7. The Kier molecular flexibility index (Phi) is 5.37. The molecule has 0 spiro atoms. The molecular weight excluding hydrogens is 406 g/mol. The predicted octanol–water partition coefficient (Wildman–Crippen LogP) is 5.65. The molecule has 2 fully saturated rings. The molecule has 2 saturated carbocycles. The van der Waals surface area contributed by atoms with Crippen molar-refractivity contribution in [3.05, 3.63) is 52.6 Å². The Hall–Kier alpha value is -2.31. The maximum Gasteiger partial charge on any atom is 0.156 e. The van der Waals surface area contributed by atoms with E-state index in [1.807, 2.05) is 6.08 Å². The normalized spacial score (nSPS) is 37.6. The second-order valence-electron chi connectivity index (χ2n) is 11.2. The van der Waals surface area contributed by atoms with Crippen LogP contribution in [-0.2, 0) is 4.79 Å². The highest BCUT2D eigenvalue weighted by Crippen LogP contribution is 2.68. The van der Waals surface area contributed by atoms with Crippen molar-refractivity contribution in [2.24, 2.45) is 23.2 Å². The summed E-state index contributed by atoms with van der Waals surface area (Å²) in [6.07, 6.45) is 14.3. The fraction of sp³-hybridized carbons (Fsp3) is 0.567. The number of rotatable bonds is 3. The number of hydrogen-bond acceptors (Lipinski definition) is 3. The van der Waals surface area contributed by atoms with Gasteiger partial charge in [-0.25, -0.2) is 0 Å². The van der Waals surface area contributed by atoms with Gasteiger partial charge in [-0.05, 0) is 91.2 Å². The van der Waals surface area contributed by atoms with Crippen LogP contribution in [0.2, 0.25) is 0 Å². The van der Waals surface area contributed by atoms with E-state index in [1.54, 1.807) is 5.57 Å². The lowest BCUT2D eigenvalue weighted by Gasteiger charge is -2.54. The van der Waals surface area contributed by atoms with Crippen LogP contribution in [-0.4, -0.2) is 30.6 Å². The first kappa shape index (κ1) is 22.5. The number of aliphatic hydroxyl groups is 1. The number of benzene rings is 1. The first-order valence-electron chi connectivity index (χ1n) is 12.7. The topological polar surface area (TPSA) is 40.5 Å². The van der Waals surface area contributed by atoms with Crippen LogP contribution in [0.15, 0.2) is 47.1 Å². The van der Waals surface area contributed by atoms with Crippen molar-refractivity contribution >= 4 is 11.5 Å². The van der Waals surface area contributed by atoms with Gasteiger partial charge in [0, 0.05) is 37.5 Å². The van der Waals surface area contributed by atoms with Crippen LogP contribution in [0.25, 0.3) is 0 Å². The summed E-state index contributed by atoms with van der Waals surface area (Å²) in [5, 5.41) is 11.9. The van der Waals surface area contributed by atoms with E-state index < -0.39 is 5.60 Å². The van der Waals surface area contributed by atoms with Crippen LogP contribution in [0.4, 0.5) is 5.69 Å². The number of carbonyl (C=O) groups excluding carboxylic acids is 1. The Morgan fingerprint density at radius 3 is 2.55 bits per heavy atom. The monoisotopic (exact) mass is 443 g/mol. The summed E-state index contributed by atoms with van der Waals surface area (Å²) in [5.74, 6) is 4.38. The van der Waals surface area contributed by atoms with E-state index in [0.717, 1.165) is 38.5 Å². The zero-order valence-corrected chi connectivity index (χ0v) is 20.5. The van der Waals surface area contributed by atoms with Crippen LogP contribution in [0.3, 0.4) is 0 Å². The molecule has 3 nitrogen and oxygen atoms in total. The van der Waals surface area contributed by atoms with Gasteiger partial charge >= 0.3 is 0 Å². The van der Waals surface area contributed by atoms with E-state index >= 15 is 0 Å². The molecule has 0 amide bonds. The smallest absolute Gasteiger partial charge is 0.156 e. The number of nitrogens with zero attached hydrogens (tertiary/aromatic N) is 1. The lowest BCUT2D eigenvalue weighted by molar-refractivity contribution is -0.114. The summed E-state index contributed by atoms with van der Waals surface area (Å²) in [6, 6.07) is 8.93. The summed E-state index contributed by atoms with van der Waals surface area (Å²) in [5.41, 5.74) is 5.39. The number of carbonyl (C=O) groups is 1. The Morgan fingerprint density at radius 2 is 1.91 bits per heavy atom.